The summed E-state index contributed by atoms with van der Waals surface area (Å²) in [7, 11) is 0. The van der Waals surface area contributed by atoms with Gasteiger partial charge in [0.15, 0.2) is 0 Å². The molecule has 1 aliphatic rings. The molecule has 1 aromatic heterocycles. The van der Waals surface area contributed by atoms with E-state index in [1.54, 1.807) is 28.1 Å². The van der Waals surface area contributed by atoms with Crippen LogP contribution in [0.25, 0.3) is 0 Å². The van der Waals surface area contributed by atoms with Crippen molar-refractivity contribution in [3.05, 3.63) is 24.4 Å². The zero-order valence-electron chi connectivity index (χ0n) is 13.3. The summed E-state index contributed by atoms with van der Waals surface area (Å²) in [5, 5.41) is 2.83. The Labute approximate surface area is 131 Å². The first-order valence-electron chi connectivity index (χ1n) is 7.91. The molecule has 0 aromatic carbocycles. The number of piperidine rings is 1. The van der Waals surface area contributed by atoms with Crippen LogP contribution in [0.5, 0.6) is 0 Å². The van der Waals surface area contributed by atoms with E-state index in [0.29, 0.717) is 25.5 Å². The highest BCUT2D eigenvalue weighted by molar-refractivity contribution is 5.92. The highest BCUT2D eigenvalue weighted by Gasteiger charge is 2.30. The number of nitrogens with zero attached hydrogens (tertiary/aromatic N) is 3. The van der Waals surface area contributed by atoms with Crippen LogP contribution in [0.4, 0.5) is 10.6 Å². The Morgan fingerprint density at radius 2 is 2.14 bits per heavy atom. The fourth-order valence-electron chi connectivity index (χ4n) is 2.72. The first kappa shape index (κ1) is 16.3. The van der Waals surface area contributed by atoms with Crippen molar-refractivity contribution in [1.82, 2.24) is 14.8 Å². The van der Waals surface area contributed by atoms with Gasteiger partial charge in [0.2, 0.25) is 5.91 Å². The highest BCUT2D eigenvalue weighted by atomic mass is 16.2. The zero-order valence-corrected chi connectivity index (χ0v) is 13.3. The molecule has 1 fully saturated rings. The molecule has 0 bridgehead atoms. The monoisotopic (exact) mass is 304 g/mol. The van der Waals surface area contributed by atoms with E-state index in [1.807, 2.05) is 19.9 Å². The summed E-state index contributed by atoms with van der Waals surface area (Å²) in [4.78, 5) is 32.4. The van der Waals surface area contributed by atoms with E-state index in [2.05, 4.69) is 10.3 Å². The molecule has 6 nitrogen and oxygen atoms in total. The largest absolute Gasteiger partial charge is 0.325 e. The molecule has 2 heterocycles. The van der Waals surface area contributed by atoms with Gasteiger partial charge < -0.3 is 15.1 Å². The quantitative estimate of drug-likeness (QED) is 0.927. The molecular formula is C16H24N4O2. The average Bonchev–Trinajstić information content (AvgIpc) is 2.57. The minimum Gasteiger partial charge on any atom is -0.325 e. The molecule has 2 rings (SSSR count). The molecule has 6 heteroatoms. The van der Waals surface area contributed by atoms with Gasteiger partial charge >= 0.3 is 6.03 Å². The van der Waals surface area contributed by atoms with E-state index in [4.69, 9.17) is 0 Å². The van der Waals surface area contributed by atoms with Crippen LogP contribution in [-0.2, 0) is 4.79 Å². The van der Waals surface area contributed by atoms with Crippen molar-refractivity contribution < 1.29 is 9.59 Å². The molecule has 1 saturated heterocycles. The van der Waals surface area contributed by atoms with Gasteiger partial charge in [0.1, 0.15) is 5.82 Å². The van der Waals surface area contributed by atoms with Crippen LogP contribution >= 0.6 is 0 Å². The number of aromatic nitrogens is 1. The van der Waals surface area contributed by atoms with Crippen LogP contribution < -0.4 is 5.32 Å². The predicted molar refractivity (Wildman–Crippen MR) is 85.5 cm³/mol. The minimum absolute atomic E-state index is 0.0281. The lowest BCUT2D eigenvalue weighted by Gasteiger charge is -2.35. The minimum atomic E-state index is -0.171. The summed E-state index contributed by atoms with van der Waals surface area (Å²) >= 11 is 0. The van der Waals surface area contributed by atoms with Gasteiger partial charge in [-0.3, -0.25) is 4.79 Å². The molecule has 1 aromatic rings. The van der Waals surface area contributed by atoms with Crippen LogP contribution in [0.15, 0.2) is 24.4 Å². The maximum atomic E-state index is 12.4. The first-order chi connectivity index (χ1) is 10.7. The SMILES string of the molecule is CCN(CC)C(=O)N1CCC[C@@H](C(=O)Nc2ccccn2)C1. The number of likely N-dealkylation sites (tertiary alicyclic amines) is 1. The van der Waals surface area contributed by atoms with Crippen LogP contribution in [0, 0.1) is 5.92 Å². The number of urea groups is 1. The number of carbonyl (C=O) groups is 2. The van der Waals surface area contributed by atoms with E-state index in [1.165, 1.54) is 0 Å². The number of amides is 3. The summed E-state index contributed by atoms with van der Waals surface area (Å²) in [6.07, 6.45) is 3.31. The van der Waals surface area contributed by atoms with Crippen molar-refractivity contribution in [3.63, 3.8) is 0 Å². The number of anilines is 1. The summed E-state index contributed by atoms with van der Waals surface area (Å²) in [6, 6.07) is 5.43. The van der Waals surface area contributed by atoms with Crippen molar-refractivity contribution >= 4 is 17.8 Å². The van der Waals surface area contributed by atoms with E-state index >= 15 is 0 Å². The van der Waals surface area contributed by atoms with Gasteiger partial charge in [0.05, 0.1) is 5.92 Å². The number of hydrogen-bond acceptors (Lipinski definition) is 3. The lowest BCUT2D eigenvalue weighted by atomic mass is 9.97. The molecule has 22 heavy (non-hydrogen) atoms. The van der Waals surface area contributed by atoms with Gasteiger partial charge in [-0.15, -0.1) is 0 Å². The number of nitrogens with one attached hydrogen (secondary N) is 1. The van der Waals surface area contributed by atoms with Crippen molar-refractivity contribution in [2.24, 2.45) is 5.92 Å². The Kier molecular flexibility index (Phi) is 5.75. The summed E-state index contributed by atoms with van der Waals surface area (Å²) < 4.78 is 0. The van der Waals surface area contributed by atoms with Crippen LogP contribution in [0.1, 0.15) is 26.7 Å². The first-order valence-corrected chi connectivity index (χ1v) is 7.91. The van der Waals surface area contributed by atoms with Gasteiger partial charge in [-0.05, 0) is 38.8 Å². The van der Waals surface area contributed by atoms with Gasteiger partial charge in [0, 0.05) is 32.4 Å². The van der Waals surface area contributed by atoms with Gasteiger partial charge in [-0.25, -0.2) is 9.78 Å². The molecule has 0 spiro atoms. The molecule has 1 atom stereocenters. The summed E-state index contributed by atoms with van der Waals surface area (Å²) in [5.74, 6) is 0.325. The molecule has 120 valence electrons. The van der Waals surface area contributed by atoms with E-state index < -0.39 is 0 Å². The molecule has 3 amide bonds. The van der Waals surface area contributed by atoms with Gasteiger partial charge in [-0.2, -0.15) is 0 Å². The van der Waals surface area contributed by atoms with Crippen molar-refractivity contribution in [2.45, 2.75) is 26.7 Å². The Hall–Kier alpha value is -2.11. The fraction of sp³-hybridized carbons (Fsp3) is 0.562. The number of pyridine rings is 1. The molecule has 0 saturated carbocycles. The fourth-order valence-corrected chi connectivity index (χ4v) is 2.72. The van der Waals surface area contributed by atoms with Gasteiger partial charge in [0.25, 0.3) is 0 Å². The third-order valence-electron chi connectivity index (χ3n) is 4.01. The third kappa shape index (κ3) is 3.96. The van der Waals surface area contributed by atoms with E-state index in [0.717, 1.165) is 19.4 Å². The average molecular weight is 304 g/mol. The molecule has 0 unspecified atom stereocenters. The van der Waals surface area contributed by atoms with Gasteiger partial charge in [-0.1, -0.05) is 6.07 Å². The van der Waals surface area contributed by atoms with Crippen molar-refractivity contribution in [1.29, 1.82) is 0 Å². The van der Waals surface area contributed by atoms with E-state index in [9.17, 15) is 9.59 Å². The molecule has 1 N–H and O–H groups in total. The normalized spacial score (nSPS) is 17.9. The van der Waals surface area contributed by atoms with Crippen molar-refractivity contribution in [3.8, 4) is 0 Å². The molecule has 0 radical (unpaired) electrons. The van der Waals surface area contributed by atoms with Crippen molar-refractivity contribution in [2.75, 3.05) is 31.5 Å². The topological polar surface area (TPSA) is 65.5 Å². The summed E-state index contributed by atoms with van der Waals surface area (Å²) in [5.41, 5.74) is 0. The van der Waals surface area contributed by atoms with Crippen LogP contribution in [0.2, 0.25) is 0 Å². The standard InChI is InChI=1S/C16H24N4O2/c1-3-19(4-2)16(22)20-11-7-8-13(12-20)15(21)18-14-9-5-6-10-17-14/h5-6,9-10,13H,3-4,7-8,11-12H2,1-2H3,(H,17,18,21)/t13-/m1/s1. The van der Waals surface area contributed by atoms with Crippen LogP contribution in [0.3, 0.4) is 0 Å². The lowest BCUT2D eigenvalue weighted by molar-refractivity contribution is -0.121. The zero-order chi connectivity index (χ0) is 15.9. The van der Waals surface area contributed by atoms with E-state index in [-0.39, 0.29) is 17.9 Å². The Bertz CT molecular complexity index is 502. The maximum Gasteiger partial charge on any atom is 0.320 e. The predicted octanol–water partition coefficient (Wildman–Crippen LogP) is 2.19. The highest BCUT2D eigenvalue weighted by Crippen LogP contribution is 2.19. The second-order valence-electron chi connectivity index (χ2n) is 5.44. The lowest BCUT2D eigenvalue weighted by Crippen LogP contribution is -2.49. The molecular weight excluding hydrogens is 280 g/mol. The molecule has 1 aliphatic heterocycles. The second-order valence-corrected chi connectivity index (χ2v) is 5.44. The third-order valence-corrected chi connectivity index (χ3v) is 4.01. The molecule has 0 aliphatic carbocycles. The Morgan fingerprint density at radius 1 is 1.36 bits per heavy atom. The second kappa shape index (κ2) is 7.77. The van der Waals surface area contributed by atoms with Crippen LogP contribution in [-0.4, -0.2) is 52.9 Å². The number of carbonyl (C=O) groups excluding carboxylic acids is 2. The smallest absolute Gasteiger partial charge is 0.320 e. The number of rotatable bonds is 4. The Balaban J connectivity index is 1.95. The maximum absolute atomic E-state index is 12.4. The Morgan fingerprint density at radius 3 is 2.77 bits per heavy atom. The number of hydrogen-bond donors (Lipinski definition) is 1. The summed E-state index contributed by atoms with van der Waals surface area (Å²) in [6.45, 7) is 6.52.